The normalized spacial score (nSPS) is 24.8. The van der Waals surface area contributed by atoms with Gasteiger partial charge in [0.25, 0.3) is 0 Å². The maximum atomic E-state index is 10.6. The van der Waals surface area contributed by atoms with Gasteiger partial charge in [-0.1, -0.05) is 6.07 Å². The number of aromatic nitrogens is 1. The number of morpholine rings is 1. The predicted octanol–water partition coefficient (Wildman–Crippen LogP) is 3.00. The van der Waals surface area contributed by atoms with Gasteiger partial charge in [0.1, 0.15) is 6.07 Å². The summed E-state index contributed by atoms with van der Waals surface area (Å²) in [4.78, 5) is 14.0. The summed E-state index contributed by atoms with van der Waals surface area (Å²) in [6, 6.07) is 16.8. The highest BCUT2D eigenvalue weighted by molar-refractivity contribution is 5.95. The number of fused-ring (bicyclic) bond motifs is 2. The van der Waals surface area contributed by atoms with Crippen molar-refractivity contribution in [1.29, 1.82) is 5.26 Å². The Morgan fingerprint density at radius 3 is 2.71 bits per heavy atom. The van der Waals surface area contributed by atoms with Crippen molar-refractivity contribution in [3.8, 4) is 6.07 Å². The number of β-amino-alcohol motifs (C(OH)–C–C–N with tert-alkyl or cyclic N) is 1. The monoisotopic (exact) mass is 512 g/mol. The SMILES string of the molecule is CC1CN(c2ccc(C#N)c3ncccc23)CC(CN2CCN(c3ccc4c(c3)C(O)CN(C)C4)CC2)O1. The third-order valence-electron chi connectivity index (χ3n) is 8.15. The maximum absolute atomic E-state index is 10.6. The molecule has 3 aliphatic heterocycles. The number of hydrogen-bond donors (Lipinski definition) is 1. The van der Waals surface area contributed by atoms with E-state index in [1.165, 1.54) is 11.3 Å². The van der Waals surface area contributed by atoms with Crippen molar-refractivity contribution < 1.29 is 9.84 Å². The van der Waals surface area contributed by atoms with Crippen LogP contribution in [-0.2, 0) is 11.3 Å². The van der Waals surface area contributed by atoms with E-state index in [-0.39, 0.29) is 12.2 Å². The fourth-order valence-corrected chi connectivity index (χ4v) is 6.33. The Hall–Kier alpha value is -3.22. The molecule has 3 atom stereocenters. The van der Waals surface area contributed by atoms with Crippen molar-refractivity contribution in [2.75, 3.05) is 69.2 Å². The molecule has 38 heavy (non-hydrogen) atoms. The highest BCUT2D eigenvalue weighted by atomic mass is 16.5. The van der Waals surface area contributed by atoms with Gasteiger partial charge >= 0.3 is 0 Å². The zero-order valence-corrected chi connectivity index (χ0v) is 22.3. The van der Waals surface area contributed by atoms with E-state index in [4.69, 9.17) is 4.74 Å². The summed E-state index contributed by atoms with van der Waals surface area (Å²) in [6.45, 7) is 10.2. The average molecular weight is 513 g/mol. The number of hydrogen-bond acceptors (Lipinski definition) is 8. The van der Waals surface area contributed by atoms with Crippen LogP contribution in [-0.4, -0.2) is 91.5 Å². The molecule has 2 fully saturated rings. The molecule has 0 spiro atoms. The van der Waals surface area contributed by atoms with Crippen molar-refractivity contribution >= 4 is 22.3 Å². The number of nitriles is 1. The van der Waals surface area contributed by atoms with Crippen LogP contribution in [0, 0.1) is 11.3 Å². The van der Waals surface area contributed by atoms with Gasteiger partial charge in [-0.15, -0.1) is 0 Å². The third kappa shape index (κ3) is 4.95. The van der Waals surface area contributed by atoms with Gasteiger partial charge in [0.2, 0.25) is 0 Å². The highest BCUT2D eigenvalue weighted by Gasteiger charge is 2.30. The molecule has 2 aromatic carbocycles. The number of nitrogens with zero attached hydrogens (tertiary/aromatic N) is 6. The number of aliphatic hydroxyl groups is 1. The summed E-state index contributed by atoms with van der Waals surface area (Å²) >= 11 is 0. The molecule has 3 aromatic rings. The predicted molar refractivity (Wildman–Crippen MR) is 149 cm³/mol. The first kappa shape index (κ1) is 25.1. The molecular formula is C30H36N6O2. The summed E-state index contributed by atoms with van der Waals surface area (Å²) in [5.41, 5.74) is 6.02. The van der Waals surface area contributed by atoms with Crippen LogP contribution >= 0.6 is 0 Å². The zero-order valence-electron chi connectivity index (χ0n) is 22.3. The average Bonchev–Trinajstić information content (AvgIpc) is 2.92. The number of ether oxygens (including phenoxy) is 1. The molecule has 4 heterocycles. The number of rotatable bonds is 4. The molecule has 0 amide bonds. The molecule has 3 aliphatic rings. The lowest BCUT2D eigenvalue weighted by atomic mass is 9.96. The van der Waals surface area contributed by atoms with E-state index in [9.17, 15) is 10.4 Å². The zero-order chi connectivity index (χ0) is 26.2. The molecule has 8 heteroatoms. The smallest absolute Gasteiger partial charge is 0.101 e. The summed E-state index contributed by atoms with van der Waals surface area (Å²) < 4.78 is 6.40. The lowest BCUT2D eigenvalue weighted by molar-refractivity contribution is -0.0327. The Kier molecular flexibility index (Phi) is 6.93. The number of anilines is 2. The van der Waals surface area contributed by atoms with Crippen LogP contribution in [0.1, 0.15) is 29.7 Å². The summed E-state index contributed by atoms with van der Waals surface area (Å²) in [5.74, 6) is 0. The van der Waals surface area contributed by atoms with Crippen molar-refractivity contribution in [3.63, 3.8) is 0 Å². The van der Waals surface area contributed by atoms with Crippen LogP contribution in [0.5, 0.6) is 0 Å². The third-order valence-corrected chi connectivity index (χ3v) is 8.15. The van der Waals surface area contributed by atoms with Gasteiger partial charge in [-0.2, -0.15) is 5.26 Å². The van der Waals surface area contributed by atoms with Gasteiger partial charge in [-0.3, -0.25) is 14.8 Å². The fourth-order valence-electron chi connectivity index (χ4n) is 6.33. The van der Waals surface area contributed by atoms with E-state index in [0.717, 1.165) is 74.5 Å². The Balaban J connectivity index is 1.10. The molecule has 0 bridgehead atoms. The van der Waals surface area contributed by atoms with Crippen LogP contribution in [0.25, 0.3) is 10.9 Å². The first-order valence-corrected chi connectivity index (χ1v) is 13.6. The Morgan fingerprint density at radius 2 is 1.89 bits per heavy atom. The van der Waals surface area contributed by atoms with E-state index < -0.39 is 6.10 Å². The van der Waals surface area contributed by atoms with E-state index >= 15 is 0 Å². The van der Waals surface area contributed by atoms with E-state index in [2.05, 4.69) is 75.0 Å². The summed E-state index contributed by atoms with van der Waals surface area (Å²) in [7, 11) is 2.05. The van der Waals surface area contributed by atoms with E-state index in [1.54, 1.807) is 6.20 Å². The molecule has 2 saturated heterocycles. The van der Waals surface area contributed by atoms with Crippen molar-refractivity contribution in [3.05, 3.63) is 65.4 Å². The standard InChI is InChI=1S/C30H36N6O2/c1-21-16-36(28-8-6-22(15-31)30-26(28)4-3-9-32-30)19-25(38-21)18-34-10-12-35(13-11-34)24-7-5-23-17-33(2)20-29(37)27(23)14-24/h3-9,14,21,25,29,37H,10-13,16-20H2,1-2H3. The lowest BCUT2D eigenvalue weighted by Gasteiger charge is -2.42. The summed E-state index contributed by atoms with van der Waals surface area (Å²) in [6.07, 6.45) is 1.58. The second kappa shape index (κ2) is 10.5. The number of benzene rings is 2. The van der Waals surface area contributed by atoms with Gasteiger partial charge in [-0.05, 0) is 61.5 Å². The minimum absolute atomic E-state index is 0.114. The van der Waals surface area contributed by atoms with Crippen LogP contribution < -0.4 is 9.80 Å². The molecule has 0 aliphatic carbocycles. The van der Waals surface area contributed by atoms with Gasteiger partial charge in [-0.25, -0.2) is 0 Å². The van der Waals surface area contributed by atoms with Crippen LogP contribution in [0.3, 0.4) is 0 Å². The molecule has 198 valence electrons. The number of likely N-dealkylation sites (N-methyl/N-ethyl adjacent to an activating group) is 1. The second-order valence-corrected chi connectivity index (χ2v) is 11.0. The Labute approximate surface area is 224 Å². The van der Waals surface area contributed by atoms with E-state index in [0.29, 0.717) is 12.1 Å². The van der Waals surface area contributed by atoms with Gasteiger partial charge in [0, 0.05) is 81.9 Å². The van der Waals surface area contributed by atoms with Crippen LogP contribution in [0.4, 0.5) is 11.4 Å². The minimum Gasteiger partial charge on any atom is -0.387 e. The molecule has 6 rings (SSSR count). The van der Waals surface area contributed by atoms with Gasteiger partial charge in [0.05, 0.1) is 29.4 Å². The molecule has 0 saturated carbocycles. The van der Waals surface area contributed by atoms with Crippen molar-refractivity contribution in [2.24, 2.45) is 0 Å². The highest BCUT2D eigenvalue weighted by Crippen LogP contribution is 2.32. The first-order valence-electron chi connectivity index (χ1n) is 13.6. The van der Waals surface area contributed by atoms with Gasteiger partial charge < -0.3 is 19.6 Å². The maximum Gasteiger partial charge on any atom is 0.101 e. The molecular weight excluding hydrogens is 476 g/mol. The van der Waals surface area contributed by atoms with Crippen LogP contribution in [0.2, 0.25) is 0 Å². The molecule has 8 nitrogen and oxygen atoms in total. The van der Waals surface area contributed by atoms with Gasteiger partial charge in [0.15, 0.2) is 0 Å². The topological polar surface area (TPSA) is 79.1 Å². The Bertz CT molecular complexity index is 1350. The molecule has 0 radical (unpaired) electrons. The fraction of sp³-hybridized carbons (Fsp3) is 0.467. The number of aliphatic hydroxyl groups excluding tert-OH is 1. The first-order chi connectivity index (χ1) is 18.5. The minimum atomic E-state index is -0.414. The number of pyridine rings is 1. The van der Waals surface area contributed by atoms with Crippen molar-refractivity contribution in [1.82, 2.24) is 14.8 Å². The largest absolute Gasteiger partial charge is 0.387 e. The molecule has 1 N–H and O–H groups in total. The molecule has 1 aromatic heterocycles. The van der Waals surface area contributed by atoms with Crippen LogP contribution in [0.15, 0.2) is 48.7 Å². The second-order valence-electron chi connectivity index (χ2n) is 11.0. The van der Waals surface area contributed by atoms with E-state index in [1.807, 2.05) is 12.1 Å². The number of piperazine rings is 1. The quantitative estimate of drug-likeness (QED) is 0.572. The lowest BCUT2D eigenvalue weighted by Crippen LogP contribution is -2.54. The molecule has 3 unspecified atom stereocenters. The van der Waals surface area contributed by atoms with Crippen molar-refractivity contribution in [2.45, 2.75) is 31.8 Å². The Morgan fingerprint density at radius 1 is 1.05 bits per heavy atom. The summed E-state index contributed by atoms with van der Waals surface area (Å²) in [5, 5.41) is 21.1.